The maximum Gasteiger partial charge on any atom is 0.306 e. The Labute approximate surface area is 355 Å². The molecule has 0 aromatic carbocycles. The molecule has 0 aromatic rings. The lowest BCUT2D eigenvalue weighted by atomic mass is 10.0. The van der Waals surface area contributed by atoms with Gasteiger partial charge in [0.05, 0.1) is 0 Å². The standard InChI is InChI=1S/C51H98O6/c1-45(2)37-31-25-19-14-12-10-8-7-9-11-13-15-23-30-36-42-51(54)57-48(44-56-50(53)41-35-29-24-18-21-27-33-39-47(5)6)43-55-49(52)40-34-28-22-17-16-20-26-32-38-46(3)4/h45-48H,7-44H2,1-6H3/t48-/m1/s1. The first kappa shape index (κ1) is 55.4. The van der Waals surface area contributed by atoms with Crippen molar-refractivity contribution in [2.75, 3.05) is 13.2 Å². The first-order valence-corrected chi connectivity index (χ1v) is 25.1. The van der Waals surface area contributed by atoms with Crippen molar-refractivity contribution in [3.05, 3.63) is 0 Å². The number of hydrogen-bond acceptors (Lipinski definition) is 6. The van der Waals surface area contributed by atoms with Gasteiger partial charge in [0.15, 0.2) is 6.10 Å². The summed E-state index contributed by atoms with van der Waals surface area (Å²) in [4.78, 5) is 37.8. The molecule has 57 heavy (non-hydrogen) atoms. The van der Waals surface area contributed by atoms with E-state index in [2.05, 4.69) is 41.5 Å². The summed E-state index contributed by atoms with van der Waals surface area (Å²) in [5, 5.41) is 0. The number of esters is 3. The first-order valence-electron chi connectivity index (χ1n) is 25.1. The molecule has 0 spiro atoms. The molecule has 0 aliphatic carbocycles. The molecule has 0 aromatic heterocycles. The molecule has 338 valence electrons. The van der Waals surface area contributed by atoms with Crippen LogP contribution in [0.3, 0.4) is 0 Å². The molecule has 6 nitrogen and oxygen atoms in total. The monoisotopic (exact) mass is 807 g/mol. The van der Waals surface area contributed by atoms with Crippen LogP contribution in [-0.4, -0.2) is 37.2 Å². The van der Waals surface area contributed by atoms with Gasteiger partial charge in [-0.15, -0.1) is 0 Å². The van der Waals surface area contributed by atoms with Gasteiger partial charge < -0.3 is 14.2 Å². The maximum absolute atomic E-state index is 12.8. The zero-order valence-electron chi connectivity index (χ0n) is 39.1. The third-order valence-electron chi connectivity index (χ3n) is 11.4. The predicted molar refractivity (Wildman–Crippen MR) is 243 cm³/mol. The van der Waals surface area contributed by atoms with Gasteiger partial charge >= 0.3 is 17.9 Å². The van der Waals surface area contributed by atoms with Crippen molar-refractivity contribution in [2.45, 2.75) is 279 Å². The summed E-state index contributed by atoms with van der Waals surface area (Å²) in [5.74, 6) is 1.57. The number of unbranched alkanes of at least 4 members (excludes halogenated alkanes) is 27. The Morgan fingerprint density at radius 3 is 0.754 bits per heavy atom. The Balaban J connectivity index is 4.27. The van der Waals surface area contributed by atoms with Gasteiger partial charge in [0.25, 0.3) is 0 Å². The number of carbonyl (C=O) groups is 3. The summed E-state index contributed by atoms with van der Waals surface area (Å²) in [7, 11) is 0. The first-order chi connectivity index (χ1) is 27.6. The van der Waals surface area contributed by atoms with E-state index in [1.807, 2.05) is 0 Å². The van der Waals surface area contributed by atoms with Gasteiger partial charge in [-0.1, -0.05) is 234 Å². The van der Waals surface area contributed by atoms with Crippen LogP contribution in [0.1, 0.15) is 273 Å². The van der Waals surface area contributed by atoms with Gasteiger partial charge in [-0.25, -0.2) is 0 Å². The van der Waals surface area contributed by atoms with Crippen LogP contribution >= 0.6 is 0 Å². The summed E-state index contributed by atoms with van der Waals surface area (Å²) in [5.41, 5.74) is 0. The van der Waals surface area contributed by atoms with Crippen molar-refractivity contribution < 1.29 is 28.6 Å². The van der Waals surface area contributed by atoms with Gasteiger partial charge in [-0.3, -0.25) is 14.4 Å². The molecule has 0 bridgehead atoms. The molecule has 0 aliphatic heterocycles. The Bertz CT molecular complexity index is 883. The van der Waals surface area contributed by atoms with Crippen LogP contribution in [0.2, 0.25) is 0 Å². The van der Waals surface area contributed by atoms with Crippen molar-refractivity contribution >= 4 is 17.9 Å². The van der Waals surface area contributed by atoms with Gasteiger partial charge in [-0.05, 0) is 37.0 Å². The Hall–Kier alpha value is -1.59. The topological polar surface area (TPSA) is 78.9 Å². The molecule has 1 atom stereocenters. The molecule has 0 heterocycles. The highest BCUT2D eigenvalue weighted by molar-refractivity contribution is 5.71. The highest BCUT2D eigenvalue weighted by Crippen LogP contribution is 2.17. The molecule has 0 unspecified atom stereocenters. The minimum absolute atomic E-state index is 0.0660. The summed E-state index contributed by atoms with van der Waals surface area (Å²) in [6, 6.07) is 0. The van der Waals surface area contributed by atoms with Gasteiger partial charge in [0, 0.05) is 19.3 Å². The average Bonchev–Trinajstić information content (AvgIpc) is 3.16. The van der Waals surface area contributed by atoms with Crippen molar-refractivity contribution in [3.8, 4) is 0 Å². The zero-order chi connectivity index (χ0) is 42.0. The van der Waals surface area contributed by atoms with Crippen molar-refractivity contribution in [3.63, 3.8) is 0 Å². The van der Waals surface area contributed by atoms with Crippen molar-refractivity contribution in [1.82, 2.24) is 0 Å². The normalized spacial score (nSPS) is 12.2. The van der Waals surface area contributed by atoms with E-state index in [9.17, 15) is 14.4 Å². The summed E-state index contributed by atoms with van der Waals surface area (Å²) in [6.07, 6.45) is 41.0. The van der Waals surface area contributed by atoms with Crippen LogP contribution < -0.4 is 0 Å². The molecule has 0 amide bonds. The highest BCUT2D eigenvalue weighted by atomic mass is 16.6. The van der Waals surface area contributed by atoms with E-state index in [0.29, 0.717) is 19.3 Å². The summed E-state index contributed by atoms with van der Waals surface area (Å²) in [6.45, 7) is 13.6. The Morgan fingerprint density at radius 1 is 0.298 bits per heavy atom. The third kappa shape index (κ3) is 45.3. The fourth-order valence-electron chi connectivity index (χ4n) is 7.59. The second kappa shape index (κ2) is 42.5. The fraction of sp³-hybridized carbons (Fsp3) is 0.941. The number of ether oxygens (including phenoxy) is 3. The molecule has 6 heteroatoms. The molecule has 0 fully saturated rings. The Morgan fingerprint density at radius 2 is 0.509 bits per heavy atom. The Kier molecular flexibility index (Phi) is 41.3. The van der Waals surface area contributed by atoms with E-state index < -0.39 is 6.10 Å². The number of carbonyl (C=O) groups excluding carboxylic acids is 3. The van der Waals surface area contributed by atoms with Gasteiger partial charge in [-0.2, -0.15) is 0 Å². The minimum Gasteiger partial charge on any atom is -0.462 e. The summed E-state index contributed by atoms with van der Waals surface area (Å²) < 4.78 is 16.8. The van der Waals surface area contributed by atoms with Crippen LogP contribution in [0, 0.1) is 17.8 Å². The number of hydrogen-bond donors (Lipinski definition) is 0. The molecule has 0 rings (SSSR count). The predicted octanol–water partition coefficient (Wildman–Crippen LogP) is 16.0. The quantitative estimate of drug-likeness (QED) is 0.0347. The van der Waals surface area contributed by atoms with Crippen LogP contribution in [0.5, 0.6) is 0 Å². The second-order valence-corrected chi connectivity index (χ2v) is 18.9. The van der Waals surface area contributed by atoms with Crippen LogP contribution in [0.25, 0.3) is 0 Å². The molecule has 0 saturated heterocycles. The van der Waals surface area contributed by atoms with E-state index in [4.69, 9.17) is 14.2 Å². The lowest BCUT2D eigenvalue weighted by Gasteiger charge is -2.18. The maximum atomic E-state index is 12.8. The zero-order valence-corrected chi connectivity index (χ0v) is 39.1. The summed E-state index contributed by atoms with van der Waals surface area (Å²) >= 11 is 0. The van der Waals surface area contributed by atoms with Crippen LogP contribution in [-0.2, 0) is 28.6 Å². The second-order valence-electron chi connectivity index (χ2n) is 18.9. The highest BCUT2D eigenvalue weighted by Gasteiger charge is 2.19. The molecule has 0 N–H and O–H groups in total. The van der Waals surface area contributed by atoms with E-state index in [1.165, 1.54) is 154 Å². The van der Waals surface area contributed by atoms with Gasteiger partial charge in [0.2, 0.25) is 0 Å². The largest absolute Gasteiger partial charge is 0.462 e. The SMILES string of the molecule is CC(C)CCCCCCCCCCCCCCCCCC(=O)O[C@H](COC(=O)CCCCCCCCCCC(C)C)COC(=O)CCCCCCCCCC(C)C. The molecule has 0 aliphatic rings. The fourth-order valence-corrected chi connectivity index (χ4v) is 7.59. The van der Waals surface area contributed by atoms with E-state index in [-0.39, 0.29) is 31.1 Å². The smallest absolute Gasteiger partial charge is 0.306 e. The number of rotatable bonds is 44. The molecule has 0 radical (unpaired) electrons. The molecular weight excluding hydrogens is 709 g/mol. The average molecular weight is 807 g/mol. The van der Waals surface area contributed by atoms with E-state index >= 15 is 0 Å². The van der Waals surface area contributed by atoms with Crippen molar-refractivity contribution in [1.29, 1.82) is 0 Å². The van der Waals surface area contributed by atoms with Crippen LogP contribution in [0.15, 0.2) is 0 Å². The van der Waals surface area contributed by atoms with Crippen molar-refractivity contribution in [2.24, 2.45) is 17.8 Å². The van der Waals surface area contributed by atoms with Gasteiger partial charge in [0.1, 0.15) is 13.2 Å². The molecular formula is C51H98O6. The molecule has 0 saturated carbocycles. The minimum atomic E-state index is -0.762. The lowest BCUT2D eigenvalue weighted by Crippen LogP contribution is -2.30. The van der Waals surface area contributed by atoms with E-state index in [0.717, 1.165) is 75.5 Å². The van der Waals surface area contributed by atoms with E-state index in [1.54, 1.807) is 0 Å². The third-order valence-corrected chi connectivity index (χ3v) is 11.4. The lowest BCUT2D eigenvalue weighted by molar-refractivity contribution is -0.167. The van der Waals surface area contributed by atoms with Crippen LogP contribution in [0.4, 0.5) is 0 Å².